The third-order valence-electron chi connectivity index (χ3n) is 2.83. The molecule has 0 radical (unpaired) electrons. The fraction of sp³-hybridized carbons (Fsp3) is 0.667. The lowest BCUT2D eigenvalue weighted by Gasteiger charge is -2.20. The lowest BCUT2D eigenvalue weighted by atomic mass is 10.1. The minimum atomic E-state index is 0.0356. The van der Waals surface area contributed by atoms with Crippen LogP contribution in [0.1, 0.15) is 23.0 Å². The standard InChI is InChI=1S/C9H14N4OS/c1-6-2-7(3-10)5-13(6)9(14)8-4-11-12-15-8/h4,6-7H,2-3,5,10H2,1H3. The number of aromatic nitrogens is 2. The predicted octanol–water partition coefficient (Wildman–Crippen LogP) is 0.347. The van der Waals surface area contributed by atoms with E-state index in [1.807, 2.05) is 4.90 Å². The normalized spacial score (nSPS) is 25.9. The number of rotatable bonds is 2. The first-order valence-corrected chi connectivity index (χ1v) is 5.78. The van der Waals surface area contributed by atoms with E-state index >= 15 is 0 Å². The number of carbonyl (C=O) groups is 1. The van der Waals surface area contributed by atoms with Gasteiger partial charge in [0, 0.05) is 12.6 Å². The molecule has 0 spiro atoms. The van der Waals surface area contributed by atoms with Crippen LogP contribution in [0.25, 0.3) is 0 Å². The van der Waals surface area contributed by atoms with E-state index in [1.165, 1.54) is 6.20 Å². The van der Waals surface area contributed by atoms with Crippen molar-refractivity contribution in [3.05, 3.63) is 11.1 Å². The van der Waals surface area contributed by atoms with Crippen LogP contribution in [0.2, 0.25) is 0 Å². The fourth-order valence-corrected chi connectivity index (χ4v) is 2.47. The van der Waals surface area contributed by atoms with Gasteiger partial charge in [-0.3, -0.25) is 4.79 Å². The molecule has 0 saturated carbocycles. The van der Waals surface area contributed by atoms with E-state index in [-0.39, 0.29) is 11.9 Å². The molecule has 2 heterocycles. The number of carbonyl (C=O) groups excluding carboxylic acids is 1. The van der Waals surface area contributed by atoms with Gasteiger partial charge < -0.3 is 10.6 Å². The van der Waals surface area contributed by atoms with E-state index in [1.54, 1.807) is 0 Å². The van der Waals surface area contributed by atoms with Crippen LogP contribution in [0.15, 0.2) is 6.20 Å². The van der Waals surface area contributed by atoms with Crippen LogP contribution in [-0.2, 0) is 0 Å². The van der Waals surface area contributed by atoms with Crippen molar-refractivity contribution in [2.24, 2.45) is 11.7 Å². The molecule has 1 aliphatic heterocycles. The molecule has 5 nitrogen and oxygen atoms in total. The van der Waals surface area contributed by atoms with Gasteiger partial charge in [0.15, 0.2) is 0 Å². The van der Waals surface area contributed by atoms with Gasteiger partial charge in [-0.1, -0.05) is 4.49 Å². The molecule has 82 valence electrons. The molecule has 1 aromatic heterocycles. The zero-order valence-corrected chi connectivity index (χ0v) is 9.41. The van der Waals surface area contributed by atoms with Gasteiger partial charge >= 0.3 is 0 Å². The second-order valence-corrected chi connectivity index (χ2v) is 4.71. The Kier molecular flexibility index (Phi) is 2.97. The van der Waals surface area contributed by atoms with E-state index < -0.39 is 0 Å². The van der Waals surface area contributed by atoms with Crippen LogP contribution in [-0.4, -0.2) is 39.5 Å². The van der Waals surface area contributed by atoms with E-state index in [4.69, 9.17) is 5.73 Å². The maximum Gasteiger partial charge on any atom is 0.267 e. The molecule has 1 saturated heterocycles. The van der Waals surface area contributed by atoms with Gasteiger partial charge in [0.1, 0.15) is 4.88 Å². The zero-order valence-electron chi connectivity index (χ0n) is 8.59. The van der Waals surface area contributed by atoms with Gasteiger partial charge in [0.2, 0.25) is 0 Å². The minimum absolute atomic E-state index is 0.0356. The number of amides is 1. The largest absolute Gasteiger partial charge is 0.335 e. The molecule has 0 aliphatic carbocycles. The molecule has 6 heteroatoms. The van der Waals surface area contributed by atoms with Gasteiger partial charge in [0.05, 0.1) is 6.20 Å². The van der Waals surface area contributed by atoms with E-state index in [2.05, 4.69) is 16.5 Å². The highest BCUT2D eigenvalue weighted by Crippen LogP contribution is 2.24. The second-order valence-electron chi connectivity index (χ2n) is 3.93. The molecule has 2 atom stereocenters. The number of hydrogen-bond acceptors (Lipinski definition) is 5. The summed E-state index contributed by atoms with van der Waals surface area (Å²) in [6.07, 6.45) is 2.52. The van der Waals surface area contributed by atoms with Crippen LogP contribution in [0, 0.1) is 5.92 Å². The summed E-state index contributed by atoms with van der Waals surface area (Å²) in [5.41, 5.74) is 5.62. The summed E-state index contributed by atoms with van der Waals surface area (Å²) >= 11 is 1.15. The van der Waals surface area contributed by atoms with Crippen molar-refractivity contribution < 1.29 is 4.79 Å². The van der Waals surface area contributed by atoms with Crippen LogP contribution in [0.5, 0.6) is 0 Å². The topological polar surface area (TPSA) is 72.1 Å². The molecule has 0 bridgehead atoms. The average Bonchev–Trinajstić information content (AvgIpc) is 2.85. The van der Waals surface area contributed by atoms with Crippen molar-refractivity contribution in [3.8, 4) is 0 Å². The Labute approximate surface area is 92.4 Å². The summed E-state index contributed by atoms with van der Waals surface area (Å²) in [6.45, 7) is 3.46. The molecular formula is C9H14N4OS. The molecular weight excluding hydrogens is 212 g/mol. The van der Waals surface area contributed by atoms with Gasteiger partial charge in [-0.05, 0) is 37.3 Å². The van der Waals surface area contributed by atoms with Gasteiger partial charge in [-0.25, -0.2) is 0 Å². The van der Waals surface area contributed by atoms with Crippen LogP contribution in [0.4, 0.5) is 0 Å². The number of nitrogens with zero attached hydrogens (tertiary/aromatic N) is 3. The van der Waals surface area contributed by atoms with Crippen LogP contribution < -0.4 is 5.73 Å². The third kappa shape index (κ3) is 2.00. The van der Waals surface area contributed by atoms with Crippen molar-refractivity contribution in [1.29, 1.82) is 0 Å². The summed E-state index contributed by atoms with van der Waals surface area (Å²) in [5, 5.41) is 3.68. The fourth-order valence-electron chi connectivity index (χ4n) is 2.00. The number of hydrogen-bond donors (Lipinski definition) is 1. The van der Waals surface area contributed by atoms with Crippen molar-refractivity contribution in [2.45, 2.75) is 19.4 Å². The lowest BCUT2D eigenvalue weighted by molar-refractivity contribution is 0.0748. The average molecular weight is 226 g/mol. The summed E-state index contributed by atoms with van der Waals surface area (Å²) in [6, 6.07) is 0.271. The highest BCUT2D eigenvalue weighted by atomic mass is 32.1. The van der Waals surface area contributed by atoms with Gasteiger partial charge in [-0.15, -0.1) is 5.10 Å². The lowest BCUT2D eigenvalue weighted by Crippen LogP contribution is -2.33. The Balaban J connectivity index is 2.09. The van der Waals surface area contributed by atoms with Crippen molar-refractivity contribution in [3.63, 3.8) is 0 Å². The first-order chi connectivity index (χ1) is 7.22. The smallest absolute Gasteiger partial charge is 0.267 e. The molecule has 1 aliphatic rings. The Hall–Kier alpha value is -1.01. The van der Waals surface area contributed by atoms with Crippen molar-refractivity contribution in [1.82, 2.24) is 14.5 Å². The molecule has 1 amide bonds. The molecule has 2 rings (SSSR count). The highest BCUT2D eigenvalue weighted by molar-refractivity contribution is 7.07. The van der Waals surface area contributed by atoms with Gasteiger partial charge in [-0.2, -0.15) is 0 Å². The zero-order chi connectivity index (χ0) is 10.8. The van der Waals surface area contributed by atoms with Crippen LogP contribution >= 0.6 is 11.5 Å². The molecule has 2 N–H and O–H groups in total. The predicted molar refractivity (Wildman–Crippen MR) is 57.6 cm³/mol. The summed E-state index contributed by atoms with van der Waals surface area (Å²) in [5.74, 6) is 0.471. The molecule has 15 heavy (non-hydrogen) atoms. The van der Waals surface area contributed by atoms with E-state index in [0.29, 0.717) is 17.3 Å². The SMILES string of the molecule is CC1CC(CN)CN1C(=O)c1cnns1. The van der Waals surface area contributed by atoms with Gasteiger partial charge in [0.25, 0.3) is 5.91 Å². The first kappa shape index (κ1) is 10.5. The molecule has 0 aromatic carbocycles. The second kappa shape index (κ2) is 4.24. The maximum absolute atomic E-state index is 12.0. The minimum Gasteiger partial charge on any atom is -0.335 e. The van der Waals surface area contributed by atoms with Crippen molar-refractivity contribution in [2.75, 3.05) is 13.1 Å². The molecule has 1 fully saturated rings. The highest BCUT2D eigenvalue weighted by Gasteiger charge is 2.32. The quantitative estimate of drug-likeness (QED) is 0.789. The van der Waals surface area contributed by atoms with Crippen LogP contribution in [0.3, 0.4) is 0 Å². The Morgan fingerprint density at radius 1 is 1.80 bits per heavy atom. The summed E-state index contributed by atoms with van der Waals surface area (Å²) < 4.78 is 3.70. The monoisotopic (exact) mass is 226 g/mol. The number of nitrogens with two attached hydrogens (primary N) is 1. The van der Waals surface area contributed by atoms with E-state index in [0.717, 1.165) is 24.5 Å². The van der Waals surface area contributed by atoms with E-state index in [9.17, 15) is 4.79 Å². The summed E-state index contributed by atoms with van der Waals surface area (Å²) in [7, 11) is 0. The molecule has 1 aromatic rings. The number of likely N-dealkylation sites (tertiary alicyclic amines) is 1. The van der Waals surface area contributed by atoms with Crippen molar-refractivity contribution >= 4 is 17.4 Å². The first-order valence-electron chi connectivity index (χ1n) is 5.00. The molecule has 2 unspecified atom stereocenters. The third-order valence-corrected chi connectivity index (χ3v) is 3.48. The Morgan fingerprint density at radius 3 is 3.13 bits per heavy atom. The Morgan fingerprint density at radius 2 is 2.60 bits per heavy atom. The summed E-state index contributed by atoms with van der Waals surface area (Å²) in [4.78, 5) is 14.5. The maximum atomic E-state index is 12.0. The Bertz CT molecular complexity index is 340.